The Morgan fingerprint density at radius 1 is 1.08 bits per heavy atom. The van der Waals surface area contributed by atoms with E-state index in [0.717, 1.165) is 17.1 Å². The number of hydrogen-bond donors (Lipinski definition) is 2. The maximum absolute atomic E-state index is 12.6. The average molecular weight is 372 g/mol. The van der Waals surface area contributed by atoms with Crippen molar-refractivity contribution in [3.63, 3.8) is 0 Å². The maximum Gasteiger partial charge on any atom is 0.251 e. The Hall–Kier alpha value is -2.47. The monoisotopic (exact) mass is 372 g/mol. The van der Waals surface area contributed by atoms with Gasteiger partial charge in [0.2, 0.25) is 5.91 Å². The van der Waals surface area contributed by atoms with Crippen molar-refractivity contribution in [2.24, 2.45) is 0 Å². The van der Waals surface area contributed by atoms with Crippen LogP contribution in [0, 0.1) is 0 Å². The molecule has 5 nitrogen and oxygen atoms in total. The van der Waals surface area contributed by atoms with Crippen molar-refractivity contribution >= 4 is 23.6 Å². The normalized spacial score (nSPS) is 11.5. The van der Waals surface area contributed by atoms with E-state index < -0.39 is 6.04 Å². The summed E-state index contributed by atoms with van der Waals surface area (Å²) >= 11 is 1.64. The van der Waals surface area contributed by atoms with Gasteiger partial charge in [0.05, 0.1) is 7.11 Å². The highest BCUT2D eigenvalue weighted by molar-refractivity contribution is 7.98. The second kappa shape index (κ2) is 10.5. The predicted octanol–water partition coefficient (Wildman–Crippen LogP) is 2.86. The molecule has 0 aliphatic heterocycles. The third-order valence-corrected chi connectivity index (χ3v) is 4.54. The summed E-state index contributed by atoms with van der Waals surface area (Å²) < 4.78 is 5.13. The van der Waals surface area contributed by atoms with Crippen molar-refractivity contribution in [3.8, 4) is 5.75 Å². The molecular weight excluding hydrogens is 348 g/mol. The van der Waals surface area contributed by atoms with E-state index >= 15 is 0 Å². The average Bonchev–Trinajstić information content (AvgIpc) is 2.70. The van der Waals surface area contributed by atoms with E-state index in [1.807, 2.05) is 36.6 Å². The standard InChI is InChI=1S/C20H24N2O3S/c1-25-17-10-8-15(9-11-17)14-21-20(24)18(12-13-26-2)22-19(23)16-6-4-3-5-7-16/h3-11,18H,12-14H2,1-2H3,(H,21,24)(H,22,23)/t18-/m1/s1. The molecule has 0 saturated carbocycles. The Morgan fingerprint density at radius 3 is 2.38 bits per heavy atom. The molecule has 2 rings (SSSR count). The minimum absolute atomic E-state index is 0.181. The van der Waals surface area contributed by atoms with Crippen LogP contribution in [0.1, 0.15) is 22.3 Å². The highest BCUT2D eigenvalue weighted by Crippen LogP contribution is 2.11. The van der Waals surface area contributed by atoms with Gasteiger partial charge in [-0.3, -0.25) is 9.59 Å². The first-order valence-corrected chi connectivity index (χ1v) is 9.79. The van der Waals surface area contributed by atoms with Gasteiger partial charge in [0.1, 0.15) is 11.8 Å². The molecule has 6 heteroatoms. The van der Waals surface area contributed by atoms with Crippen LogP contribution in [0.25, 0.3) is 0 Å². The number of amides is 2. The highest BCUT2D eigenvalue weighted by atomic mass is 32.2. The summed E-state index contributed by atoms with van der Waals surface area (Å²) in [6, 6.07) is 15.9. The van der Waals surface area contributed by atoms with Gasteiger partial charge in [-0.2, -0.15) is 11.8 Å². The van der Waals surface area contributed by atoms with E-state index in [1.54, 1.807) is 43.1 Å². The first-order chi connectivity index (χ1) is 12.6. The van der Waals surface area contributed by atoms with Crippen LogP contribution in [0.2, 0.25) is 0 Å². The molecule has 0 unspecified atom stereocenters. The zero-order valence-corrected chi connectivity index (χ0v) is 15.8. The van der Waals surface area contributed by atoms with Crippen LogP contribution in [-0.4, -0.2) is 37.0 Å². The molecule has 2 aromatic rings. The molecule has 0 aromatic heterocycles. The molecule has 0 saturated heterocycles. The molecule has 138 valence electrons. The van der Waals surface area contributed by atoms with Crippen LogP contribution in [-0.2, 0) is 11.3 Å². The summed E-state index contributed by atoms with van der Waals surface area (Å²) in [7, 11) is 1.61. The minimum Gasteiger partial charge on any atom is -0.497 e. The summed E-state index contributed by atoms with van der Waals surface area (Å²) in [5.41, 5.74) is 1.52. The number of benzene rings is 2. The fourth-order valence-corrected chi connectivity index (χ4v) is 2.86. The molecule has 2 amide bonds. The molecule has 1 atom stereocenters. The van der Waals surface area contributed by atoms with E-state index in [0.29, 0.717) is 18.5 Å². The first-order valence-electron chi connectivity index (χ1n) is 8.39. The van der Waals surface area contributed by atoms with Crippen molar-refractivity contribution in [3.05, 3.63) is 65.7 Å². The second-order valence-electron chi connectivity index (χ2n) is 5.74. The number of carbonyl (C=O) groups excluding carboxylic acids is 2. The molecule has 0 fully saturated rings. The van der Waals surface area contributed by atoms with Crippen LogP contribution in [0.4, 0.5) is 0 Å². The minimum atomic E-state index is -0.562. The van der Waals surface area contributed by atoms with E-state index in [1.165, 1.54) is 0 Å². The fraction of sp³-hybridized carbons (Fsp3) is 0.300. The number of nitrogens with one attached hydrogen (secondary N) is 2. The topological polar surface area (TPSA) is 67.4 Å². The molecule has 0 heterocycles. The van der Waals surface area contributed by atoms with Crippen LogP contribution in [0.3, 0.4) is 0 Å². The number of hydrogen-bond acceptors (Lipinski definition) is 4. The SMILES string of the molecule is COc1ccc(CNC(=O)[C@@H](CCSC)NC(=O)c2ccccc2)cc1. The summed E-state index contributed by atoms with van der Waals surface area (Å²) in [6.45, 7) is 0.403. The van der Waals surface area contributed by atoms with Gasteiger partial charge >= 0.3 is 0 Å². The van der Waals surface area contributed by atoms with Gasteiger partial charge in [-0.1, -0.05) is 30.3 Å². The van der Waals surface area contributed by atoms with Gasteiger partial charge in [-0.15, -0.1) is 0 Å². The molecule has 0 radical (unpaired) electrons. The second-order valence-corrected chi connectivity index (χ2v) is 6.73. The number of ether oxygens (including phenoxy) is 1. The number of methoxy groups -OCH3 is 1. The molecule has 0 spiro atoms. The largest absolute Gasteiger partial charge is 0.497 e. The summed E-state index contributed by atoms with van der Waals surface area (Å²) in [4.78, 5) is 24.9. The van der Waals surface area contributed by atoms with Gasteiger partial charge in [-0.25, -0.2) is 0 Å². The molecule has 0 bridgehead atoms. The number of carbonyl (C=O) groups is 2. The van der Waals surface area contributed by atoms with Crippen molar-refractivity contribution in [1.82, 2.24) is 10.6 Å². The lowest BCUT2D eigenvalue weighted by Crippen LogP contribution is -2.46. The van der Waals surface area contributed by atoms with E-state index in [4.69, 9.17) is 4.74 Å². The lowest BCUT2D eigenvalue weighted by Gasteiger charge is -2.18. The summed E-state index contributed by atoms with van der Waals surface area (Å²) in [6.07, 6.45) is 2.56. The van der Waals surface area contributed by atoms with Gasteiger partial charge < -0.3 is 15.4 Å². The van der Waals surface area contributed by atoms with Crippen molar-refractivity contribution in [2.75, 3.05) is 19.1 Å². The fourth-order valence-electron chi connectivity index (χ4n) is 2.39. The molecule has 0 aliphatic rings. The summed E-state index contributed by atoms with van der Waals surface area (Å²) in [5.74, 6) is 1.14. The lowest BCUT2D eigenvalue weighted by atomic mass is 10.1. The summed E-state index contributed by atoms with van der Waals surface area (Å²) in [5, 5.41) is 5.74. The van der Waals surface area contributed by atoms with E-state index in [-0.39, 0.29) is 11.8 Å². The molecule has 0 aliphatic carbocycles. The third kappa shape index (κ3) is 6.11. The Kier molecular flexibility index (Phi) is 8.02. The van der Waals surface area contributed by atoms with Crippen LogP contribution < -0.4 is 15.4 Å². The first kappa shape index (κ1) is 19.8. The quantitative estimate of drug-likeness (QED) is 0.710. The van der Waals surface area contributed by atoms with Gasteiger partial charge in [0.15, 0.2) is 0 Å². The van der Waals surface area contributed by atoms with Crippen LogP contribution in [0.15, 0.2) is 54.6 Å². The van der Waals surface area contributed by atoms with E-state index in [9.17, 15) is 9.59 Å². The predicted molar refractivity (Wildman–Crippen MR) is 106 cm³/mol. The van der Waals surface area contributed by atoms with Crippen LogP contribution >= 0.6 is 11.8 Å². The van der Waals surface area contributed by atoms with Crippen molar-refractivity contribution in [1.29, 1.82) is 0 Å². The smallest absolute Gasteiger partial charge is 0.251 e. The lowest BCUT2D eigenvalue weighted by molar-refractivity contribution is -0.123. The Morgan fingerprint density at radius 2 is 1.77 bits per heavy atom. The van der Waals surface area contributed by atoms with Gasteiger partial charge in [0, 0.05) is 12.1 Å². The highest BCUT2D eigenvalue weighted by Gasteiger charge is 2.20. The van der Waals surface area contributed by atoms with Gasteiger partial charge in [-0.05, 0) is 48.3 Å². The van der Waals surface area contributed by atoms with Gasteiger partial charge in [0.25, 0.3) is 5.91 Å². The van der Waals surface area contributed by atoms with E-state index in [2.05, 4.69) is 10.6 Å². The Labute approximate surface area is 158 Å². The molecule has 26 heavy (non-hydrogen) atoms. The van der Waals surface area contributed by atoms with Crippen LogP contribution in [0.5, 0.6) is 5.75 Å². The zero-order valence-electron chi connectivity index (χ0n) is 15.0. The number of thioether (sulfide) groups is 1. The Bertz CT molecular complexity index is 705. The Balaban J connectivity index is 1.95. The number of rotatable bonds is 9. The molecular formula is C20H24N2O3S. The molecule has 2 N–H and O–H groups in total. The third-order valence-electron chi connectivity index (χ3n) is 3.89. The maximum atomic E-state index is 12.6. The zero-order chi connectivity index (χ0) is 18.8. The van der Waals surface area contributed by atoms with Crippen molar-refractivity contribution < 1.29 is 14.3 Å². The van der Waals surface area contributed by atoms with Crippen molar-refractivity contribution in [2.45, 2.75) is 19.0 Å². The molecule has 2 aromatic carbocycles.